The molecule has 1 amide bonds. The fourth-order valence-corrected chi connectivity index (χ4v) is 2.33. The number of hydrogen-bond acceptors (Lipinski definition) is 4. The molecular formula is C16H18N2O3. The van der Waals surface area contributed by atoms with E-state index in [9.17, 15) is 4.79 Å². The fourth-order valence-electron chi connectivity index (χ4n) is 2.33. The van der Waals surface area contributed by atoms with Crippen LogP contribution in [0.25, 0.3) is 0 Å². The lowest BCUT2D eigenvalue weighted by molar-refractivity contribution is 0.0718. The summed E-state index contributed by atoms with van der Waals surface area (Å²) in [5.74, 6) is 1.32. The van der Waals surface area contributed by atoms with Gasteiger partial charge in [0.25, 0.3) is 5.91 Å². The number of nitrogen functional groups attached to an aromatic ring is 1. The molecule has 0 unspecified atom stereocenters. The van der Waals surface area contributed by atoms with E-state index in [-0.39, 0.29) is 11.9 Å². The summed E-state index contributed by atoms with van der Waals surface area (Å²) in [5.41, 5.74) is 6.89. The molecule has 0 aliphatic heterocycles. The van der Waals surface area contributed by atoms with E-state index >= 15 is 0 Å². The highest BCUT2D eigenvalue weighted by molar-refractivity contribution is 5.99. The van der Waals surface area contributed by atoms with Gasteiger partial charge in [0.2, 0.25) is 0 Å². The molecule has 0 spiro atoms. The van der Waals surface area contributed by atoms with Gasteiger partial charge in [0, 0.05) is 11.7 Å². The molecule has 110 valence electrons. The monoisotopic (exact) mass is 286 g/mol. The van der Waals surface area contributed by atoms with E-state index in [1.165, 1.54) is 0 Å². The van der Waals surface area contributed by atoms with Gasteiger partial charge in [0.1, 0.15) is 11.5 Å². The third-order valence-electron chi connectivity index (χ3n) is 3.65. The van der Waals surface area contributed by atoms with E-state index in [2.05, 4.69) is 0 Å². The first-order valence-electron chi connectivity index (χ1n) is 6.96. The Morgan fingerprint density at radius 2 is 2.24 bits per heavy atom. The van der Waals surface area contributed by atoms with Crippen molar-refractivity contribution in [2.75, 3.05) is 12.8 Å². The van der Waals surface area contributed by atoms with Gasteiger partial charge in [-0.3, -0.25) is 4.79 Å². The minimum absolute atomic E-state index is 0.0784. The van der Waals surface area contributed by atoms with Crippen molar-refractivity contribution >= 4 is 11.6 Å². The highest BCUT2D eigenvalue weighted by Crippen LogP contribution is 2.31. The summed E-state index contributed by atoms with van der Waals surface area (Å²) in [4.78, 5) is 14.6. The Morgan fingerprint density at radius 1 is 1.43 bits per heavy atom. The molecule has 2 N–H and O–H groups in total. The van der Waals surface area contributed by atoms with Crippen LogP contribution in [0.4, 0.5) is 5.69 Å². The van der Waals surface area contributed by atoms with Crippen LogP contribution in [0.3, 0.4) is 0 Å². The maximum absolute atomic E-state index is 12.8. The molecule has 1 saturated carbocycles. The summed E-state index contributed by atoms with van der Waals surface area (Å²) in [6, 6.07) is 9.11. The maximum Gasteiger partial charge on any atom is 0.256 e. The quantitative estimate of drug-likeness (QED) is 0.858. The number of nitrogens with zero attached hydrogens (tertiary/aromatic N) is 1. The average Bonchev–Trinajstić information content (AvgIpc) is 3.21. The zero-order chi connectivity index (χ0) is 14.8. The molecule has 1 heterocycles. The topological polar surface area (TPSA) is 68.7 Å². The van der Waals surface area contributed by atoms with Crippen LogP contribution in [0, 0.1) is 0 Å². The van der Waals surface area contributed by atoms with Gasteiger partial charge in [-0.25, -0.2) is 0 Å². The van der Waals surface area contributed by atoms with Crippen LogP contribution in [-0.2, 0) is 6.54 Å². The highest BCUT2D eigenvalue weighted by atomic mass is 16.5. The predicted molar refractivity (Wildman–Crippen MR) is 79.0 cm³/mol. The van der Waals surface area contributed by atoms with E-state index in [0.29, 0.717) is 23.5 Å². The largest absolute Gasteiger partial charge is 0.497 e. The van der Waals surface area contributed by atoms with Gasteiger partial charge in [-0.05, 0) is 43.2 Å². The first-order valence-corrected chi connectivity index (χ1v) is 6.96. The molecule has 0 bridgehead atoms. The number of anilines is 1. The lowest BCUT2D eigenvalue weighted by Crippen LogP contribution is -2.33. The Hall–Kier alpha value is -2.43. The minimum atomic E-state index is -0.0784. The second-order valence-corrected chi connectivity index (χ2v) is 5.20. The molecular weight excluding hydrogens is 268 g/mol. The molecule has 1 aliphatic rings. The van der Waals surface area contributed by atoms with Crippen molar-refractivity contribution in [2.24, 2.45) is 0 Å². The van der Waals surface area contributed by atoms with Crippen molar-refractivity contribution in [3.05, 3.63) is 47.9 Å². The number of carbonyl (C=O) groups excluding carboxylic acids is 1. The molecule has 1 aromatic carbocycles. The number of amides is 1. The standard InChI is InChI=1S/C16H18N2O3/c1-20-12-6-7-15(17)14(9-12)16(19)18(11-4-5-11)10-13-3-2-8-21-13/h2-3,6-9,11H,4-5,10,17H2,1H3. The van der Waals surface area contributed by atoms with Crippen molar-refractivity contribution in [3.63, 3.8) is 0 Å². The first kappa shape index (κ1) is 13.5. The van der Waals surface area contributed by atoms with Gasteiger partial charge < -0.3 is 19.8 Å². The summed E-state index contributed by atoms with van der Waals surface area (Å²) in [6.45, 7) is 0.465. The highest BCUT2D eigenvalue weighted by Gasteiger charge is 2.34. The van der Waals surface area contributed by atoms with E-state index in [1.807, 2.05) is 17.0 Å². The zero-order valence-corrected chi connectivity index (χ0v) is 11.9. The number of rotatable bonds is 5. The van der Waals surface area contributed by atoms with Crippen LogP contribution >= 0.6 is 0 Å². The number of carbonyl (C=O) groups is 1. The fraction of sp³-hybridized carbons (Fsp3) is 0.312. The third-order valence-corrected chi connectivity index (χ3v) is 3.65. The van der Waals surface area contributed by atoms with Gasteiger partial charge in [-0.15, -0.1) is 0 Å². The Morgan fingerprint density at radius 3 is 2.86 bits per heavy atom. The number of benzene rings is 1. The predicted octanol–water partition coefficient (Wildman–Crippen LogP) is 2.68. The molecule has 1 aromatic heterocycles. The molecule has 1 fully saturated rings. The molecule has 0 atom stereocenters. The lowest BCUT2D eigenvalue weighted by Gasteiger charge is -2.22. The summed E-state index contributed by atoms with van der Waals surface area (Å²) in [5, 5.41) is 0. The number of nitrogens with two attached hydrogens (primary N) is 1. The molecule has 0 saturated heterocycles. The minimum Gasteiger partial charge on any atom is -0.497 e. The molecule has 0 radical (unpaired) electrons. The maximum atomic E-state index is 12.8. The van der Waals surface area contributed by atoms with Crippen molar-refractivity contribution in [3.8, 4) is 5.75 Å². The summed E-state index contributed by atoms with van der Waals surface area (Å²) >= 11 is 0. The molecule has 3 rings (SSSR count). The van der Waals surface area contributed by atoms with Crippen LogP contribution in [0.5, 0.6) is 5.75 Å². The molecule has 5 nitrogen and oxygen atoms in total. The lowest BCUT2D eigenvalue weighted by atomic mass is 10.1. The van der Waals surface area contributed by atoms with Crippen LogP contribution in [0.15, 0.2) is 41.0 Å². The number of methoxy groups -OCH3 is 1. The van der Waals surface area contributed by atoms with Crippen LogP contribution in [0.1, 0.15) is 29.0 Å². The van der Waals surface area contributed by atoms with Crippen molar-refractivity contribution in [1.82, 2.24) is 4.90 Å². The Bertz CT molecular complexity index is 633. The molecule has 5 heteroatoms. The van der Waals surface area contributed by atoms with Crippen LogP contribution in [0.2, 0.25) is 0 Å². The third kappa shape index (κ3) is 2.86. The molecule has 1 aliphatic carbocycles. The molecule has 21 heavy (non-hydrogen) atoms. The first-order chi connectivity index (χ1) is 10.2. The Labute approximate surface area is 123 Å². The van der Waals surface area contributed by atoms with E-state index in [0.717, 1.165) is 18.6 Å². The summed E-state index contributed by atoms with van der Waals surface area (Å²) < 4.78 is 10.5. The number of furan rings is 1. The van der Waals surface area contributed by atoms with Crippen LogP contribution < -0.4 is 10.5 Å². The summed E-state index contributed by atoms with van der Waals surface area (Å²) in [6.07, 6.45) is 3.66. The summed E-state index contributed by atoms with van der Waals surface area (Å²) in [7, 11) is 1.57. The van der Waals surface area contributed by atoms with Gasteiger partial charge in [-0.2, -0.15) is 0 Å². The van der Waals surface area contributed by atoms with Crippen molar-refractivity contribution < 1.29 is 13.9 Å². The number of ether oxygens (including phenoxy) is 1. The van der Waals surface area contributed by atoms with E-state index < -0.39 is 0 Å². The van der Waals surface area contributed by atoms with Gasteiger partial charge in [0.05, 0.1) is 25.5 Å². The van der Waals surface area contributed by atoms with Gasteiger partial charge >= 0.3 is 0 Å². The molecule has 2 aromatic rings. The van der Waals surface area contributed by atoms with Crippen LogP contribution in [-0.4, -0.2) is 24.0 Å². The normalized spacial score (nSPS) is 14.0. The second kappa shape index (κ2) is 5.52. The van der Waals surface area contributed by atoms with E-state index in [4.69, 9.17) is 14.9 Å². The van der Waals surface area contributed by atoms with Crippen molar-refractivity contribution in [1.29, 1.82) is 0 Å². The van der Waals surface area contributed by atoms with E-state index in [1.54, 1.807) is 31.6 Å². The second-order valence-electron chi connectivity index (χ2n) is 5.20. The van der Waals surface area contributed by atoms with Gasteiger partial charge in [-0.1, -0.05) is 0 Å². The Kier molecular flexibility index (Phi) is 3.56. The van der Waals surface area contributed by atoms with Crippen molar-refractivity contribution in [2.45, 2.75) is 25.4 Å². The smallest absolute Gasteiger partial charge is 0.256 e. The number of hydrogen-bond donors (Lipinski definition) is 1. The average molecular weight is 286 g/mol. The zero-order valence-electron chi connectivity index (χ0n) is 11.9. The SMILES string of the molecule is COc1ccc(N)c(C(=O)N(Cc2ccco2)C2CC2)c1. The Balaban J connectivity index is 1.87. The van der Waals surface area contributed by atoms with Gasteiger partial charge in [0.15, 0.2) is 0 Å².